The van der Waals surface area contributed by atoms with Gasteiger partial charge in [-0.25, -0.2) is 14.2 Å². The van der Waals surface area contributed by atoms with Gasteiger partial charge in [-0.2, -0.15) is 0 Å². The normalized spacial score (nSPS) is 14.7. The molecule has 0 saturated heterocycles. The number of fused-ring (bicyclic) bond motifs is 3. The summed E-state index contributed by atoms with van der Waals surface area (Å²) in [5.74, 6) is -1.74. The number of aromatic nitrogens is 2. The van der Waals surface area contributed by atoms with E-state index in [1.807, 2.05) is 74.2 Å². The van der Waals surface area contributed by atoms with E-state index in [4.69, 9.17) is 4.74 Å². The first kappa shape index (κ1) is 43.9. The standard InChI is InChI=1S/C48H58FN5O6/c1-29-51-39-20-18-33-16-15-31(24-37(33)43(39)45(57)52-29)27-50-36-19-17-35(38(49)26-36)28-54(47(2,3)4)41(21-22-42(55)60-48(5,6)7)44(56)53-40(46(58)59)25-30-11-10-14-34(23-30)32-12-8-9-13-32/h10-11,14-20,23-24,26,32,40-41,50H,8-9,12-13,21-22,25,27-28H2,1-7H3,(H,53,56)(H,58,59)(H,51,52,57)/t40-,41-/m0/s1. The molecule has 0 radical (unpaired) electrons. The molecular formula is C48H58FN5O6. The maximum atomic E-state index is 16.1. The monoisotopic (exact) mass is 819 g/mol. The number of carboxylic acids is 1. The van der Waals surface area contributed by atoms with Crippen LogP contribution in [0.15, 0.2) is 77.6 Å². The number of anilines is 1. The van der Waals surface area contributed by atoms with E-state index in [1.165, 1.54) is 24.5 Å². The molecule has 4 N–H and O–H groups in total. The highest BCUT2D eigenvalue weighted by Gasteiger charge is 2.37. The number of hydrogen-bond acceptors (Lipinski definition) is 8. The second-order valence-corrected chi connectivity index (χ2v) is 18.1. The Balaban J connectivity index is 1.21. The van der Waals surface area contributed by atoms with E-state index >= 15 is 4.39 Å². The lowest BCUT2D eigenvalue weighted by atomic mass is 9.94. The minimum absolute atomic E-state index is 0.00297. The molecule has 5 aromatic rings. The summed E-state index contributed by atoms with van der Waals surface area (Å²) in [5.41, 5.74) is 2.70. The molecule has 1 aromatic heterocycles. The Hall–Kier alpha value is -5.62. The van der Waals surface area contributed by atoms with E-state index in [0.717, 1.165) is 34.7 Å². The number of nitrogens with one attached hydrogen (secondary N) is 3. The van der Waals surface area contributed by atoms with Crippen molar-refractivity contribution in [2.24, 2.45) is 0 Å². The van der Waals surface area contributed by atoms with Crippen LogP contribution in [0.4, 0.5) is 10.1 Å². The van der Waals surface area contributed by atoms with Gasteiger partial charge in [0.15, 0.2) is 0 Å². The number of hydrogen-bond donors (Lipinski definition) is 4. The van der Waals surface area contributed by atoms with Gasteiger partial charge in [0, 0.05) is 42.7 Å². The molecule has 0 bridgehead atoms. The number of rotatable bonds is 15. The van der Waals surface area contributed by atoms with Crippen LogP contribution in [0.3, 0.4) is 0 Å². The van der Waals surface area contributed by atoms with Crippen molar-refractivity contribution in [1.29, 1.82) is 0 Å². The van der Waals surface area contributed by atoms with E-state index in [0.29, 0.717) is 40.4 Å². The molecule has 0 aliphatic heterocycles. The molecule has 1 amide bonds. The molecular weight excluding hydrogens is 762 g/mol. The summed E-state index contributed by atoms with van der Waals surface area (Å²) >= 11 is 0. The molecule has 1 aliphatic rings. The minimum Gasteiger partial charge on any atom is -0.480 e. The number of aromatic amines is 1. The van der Waals surface area contributed by atoms with Crippen LogP contribution in [-0.2, 0) is 38.6 Å². The molecule has 1 saturated carbocycles. The van der Waals surface area contributed by atoms with E-state index in [9.17, 15) is 24.3 Å². The number of carboxylic acid groups (broad SMARTS) is 1. The smallest absolute Gasteiger partial charge is 0.326 e. The van der Waals surface area contributed by atoms with Crippen molar-refractivity contribution in [3.63, 3.8) is 0 Å². The van der Waals surface area contributed by atoms with Gasteiger partial charge in [-0.3, -0.25) is 19.3 Å². The fourth-order valence-corrected chi connectivity index (χ4v) is 8.23. The Morgan fingerprint density at radius 2 is 1.70 bits per heavy atom. The summed E-state index contributed by atoms with van der Waals surface area (Å²) in [7, 11) is 0. The SMILES string of the molecule is Cc1nc2ccc3ccc(CNc4ccc(CN([C@@H](CCC(=O)OC(C)(C)C)C(=O)N[C@@H](Cc5cccc(C6CCCC6)c5)C(=O)O)C(C)(C)C)c(F)c4)cc3c2c(=O)[nH]1. The fraction of sp³-hybridized carbons (Fsp3) is 0.438. The largest absolute Gasteiger partial charge is 0.480 e. The summed E-state index contributed by atoms with van der Waals surface area (Å²) in [6.45, 7) is 13.1. The molecule has 1 aliphatic carbocycles. The van der Waals surface area contributed by atoms with Crippen LogP contribution >= 0.6 is 0 Å². The van der Waals surface area contributed by atoms with Crippen LogP contribution in [0.2, 0.25) is 0 Å². The number of carbonyl (C=O) groups excluding carboxylic acids is 2. The first-order valence-corrected chi connectivity index (χ1v) is 20.9. The lowest BCUT2D eigenvalue weighted by Gasteiger charge is -2.41. The van der Waals surface area contributed by atoms with Crippen LogP contribution in [0.1, 0.15) is 114 Å². The maximum Gasteiger partial charge on any atom is 0.326 e. The number of benzene rings is 4. The van der Waals surface area contributed by atoms with Crippen LogP contribution in [-0.4, -0.2) is 61.0 Å². The average molecular weight is 820 g/mol. The molecule has 0 spiro atoms. The molecule has 318 valence electrons. The maximum absolute atomic E-state index is 16.1. The number of esters is 1. The van der Waals surface area contributed by atoms with Gasteiger partial charge >= 0.3 is 11.9 Å². The Labute approximate surface area is 351 Å². The van der Waals surface area contributed by atoms with Gasteiger partial charge < -0.3 is 25.5 Å². The molecule has 2 atom stereocenters. The third-order valence-corrected chi connectivity index (χ3v) is 11.2. The summed E-state index contributed by atoms with van der Waals surface area (Å²) in [4.78, 5) is 62.0. The molecule has 11 nitrogen and oxygen atoms in total. The Morgan fingerprint density at radius 1 is 0.967 bits per heavy atom. The van der Waals surface area contributed by atoms with E-state index in [-0.39, 0.29) is 31.4 Å². The van der Waals surface area contributed by atoms with Crippen molar-refractivity contribution in [3.05, 3.63) is 117 Å². The lowest BCUT2D eigenvalue weighted by Crippen LogP contribution is -2.57. The van der Waals surface area contributed by atoms with Gasteiger partial charge in [0.25, 0.3) is 5.56 Å². The van der Waals surface area contributed by atoms with Gasteiger partial charge in [-0.15, -0.1) is 0 Å². The van der Waals surface area contributed by atoms with Crippen molar-refractivity contribution in [1.82, 2.24) is 20.2 Å². The van der Waals surface area contributed by atoms with Crippen LogP contribution in [0, 0.1) is 12.7 Å². The highest BCUT2D eigenvalue weighted by molar-refractivity contribution is 6.05. The summed E-state index contributed by atoms with van der Waals surface area (Å²) in [6, 6.07) is 20.2. The number of amides is 1. The number of aryl methyl sites for hydroxylation is 1. The topological polar surface area (TPSA) is 154 Å². The zero-order valence-corrected chi connectivity index (χ0v) is 35.8. The number of H-pyrrole nitrogens is 1. The highest BCUT2D eigenvalue weighted by Crippen LogP contribution is 2.34. The third-order valence-electron chi connectivity index (χ3n) is 11.2. The lowest BCUT2D eigenvalue weighted by molar-refractivity contribution is -0.155. The minimum atomic E-state index is -1.23. The molecule has 12 heteroatoms. The van der Waals surface area contributed by atoms with Crippen molar-refractivity contribution >= 4 is 45.2 Å². The zero-order valence-electron chi connectivity index (χ0n) is 35.8. The van der Waals surface area contributed by atoms with Crippen LogP contribution in [0.25, 0.3) is 21.7 Å². The van der Waals surface area contributed by atoms with Gasteiger partial charge in [0.1, 0.15) is 23.3 Å². The van der Waals surface area contributed by atoms with Gasteiger partial charge in [0.05, 0.1) is 16.9 Å². The fourth-order valence-electron chi connectivity index (χ4n) is 8.23. The second-order valence-electron chi connectivity index (χ2n) is 18.1. The number of ether oxygens (including phenoxy) is 1. The molecule has 0 unspecified atom stereocenters. The van der Waals surface area contributed by atoms with Crippen LogP contribution < -0.4 is 16.2 Å². The Morgan fingerprint density at radius 3 is 2.38 bits per heavy atom. The van der Waals surface area contributed by atoms with Gasteiger partial charge in [0.2, 0.25) is 5.91 Å². The number of aliphatic carboxylic acids is 1. The second kappa shape index (κ2) is 18.3. The average Bonchev–Trinajstić information content (AvgIpc) is 3.71. The van der Waals surface area contributed by atoms with Crippen LogP contribution in [0.5, 0.6) is 0 Å². The molecule has 4 aromatic carbocycles. The summed E-state index contributed by atoms with van der Waals surface area (Å²) < 4.78 is 21.7. The number of carbonyl (C=O) groups is 3. The van der Waals surface area contributed by atoms with E-state index < -0.39 is 46.9 Å². The van der Waals surface area contributed by atoms with Crippen molar-refractivity contribution in [2.45, 2.75) is 136 Å². The molecule has 6 rings (SSSR count). The Kier molecular flexibility index (Phi) is 13.4. The van der Waals surface area contributed by atoms with Crippen molar-refractivity contribution in [3.8, 4) is 0 Å². The number of nitrogens with zero attached hydrogens (tertiary/aromatic N) is 2. The highest BCUT2D eigenvalue weighted by atomic mass is 19.1. The van der Waals surface area contributed by atoms with Gasteiger partial charge in [-0.05, 0) is 125 Å². The first-order chi connectivity index (χ1) is 28.3. The molecule has 1 heterocycles. The van der Waals surface area contributed by atoms with E-state index in [1.54, 1.807) is 39.8 Å². The Bertz CT molecular complexity index is 2430. The third kappa shape index (κ3) is 11.1. The predicted molar refractivity (Wildman–Crippen MR) is 233 cm³/mol. The van der Waals surface area contributed by atoms with Crippen molar-refractivity contribution in [2.75, 3.05) is 5.32 Å². The zero-order chi connectivity index (χ0) is 43.4. The summed E-state index contributed by atoms with van der Waals surface area (Å²) in [6.07, 6.45) is 4.57. The van der Waals surface area contributed by atoms with Gasteiger partial charge in [-0.1, -0.05) is 61.4 Å². The van der Waals surface area contributed by atoms with Crippen molar-refractivity contribution < 1.29 is 28.6 Å². The summed E-state index contributed by atoms with van der Waals surface area (Å²) in [5, 5.41) is 18.6. The predicted octanol–water partition coefficient (Wildman–Crippen LogP) is 8.70. The molecule has 1 fully saturated rings. The molecule has 60 heavy (non-hydrogen) atoms. The number of halogens is 1. The first-order valence-electron chi connectivity index (χ1n) is 20.9. The van der Waals surface area contributed by atoms with E-state index in [2.05, 4.69) is 26.7 Å². The quantitative estimate of drug-likeness (QED) is 0.0600.